The van der Waals surface area contributed by atoms with E-state index in [0.29, 0.717) is 34.4 Å². The van der Waals surface area contributed by atoms with Crippen LogP contribution in [0.3, 0.4) is 0 Å². The van der Waals surface area contributed by atoms with Gasteiger partial charge < -0.3 is 14.8 Å². The third kappa shape index (κ3) is 5.25. The summed E-state index contributed by atoms with van der Waals surface area (Å²) in [7, 11) is 1.51. The van der Waals surface area contributed by atoms with Gasteiger partial charge in [-0.05, 0) is 48.7 Å². The minimum absolute atomic E-state index is 0.0430. The number of hydrogen-bond donors (Lipinski definition) is 1. The van der Waals surface area contributed by atoms with E-state index in [1.807, 2.05) is 38.1 Å². The number of para-hydroxylation sites is 1. The highest BCUT2D eigenvalue weighted by molar-refractivity contribution is 6.32. The molecule has 0 spiro atoms. The van der Waals surface area contributed by atoms with Crippen molar-refractivity contribution in [3.8, 4) is 17.6 Å². The van der Waals surface area contributed by atoms with E-state index in [1.165, 1.54) is 13.2 Å². The van der Waals surface area contributed by atoms with Crippen molar-refractivity contribution in [2.24, 2.45) is 0 Å². The molecule has 0 unspecified atom stereocenters. The van der Waals surface area contributed by atoms with Gasteiger partial charge in [-0.3, -0.25) is 4.79 Å². The Morgan fingerprint density at radius 1 is 1.33 bits per heavy atom. The summed E-state index contributed by atoms with van der Waals surface area (Å²) in [5.41, 5.74) is 2.09. The molecule has 0 saturated carbocycles. The van der Waals surface area contributed by atoms with Crippen LogP contribution in [-0.4, -0.2) is 19.6 Å². The van der Waals surface area contributed by atoms with E-state index in [1.54, 1.807) is 18.2 Å². The number of benzene rings is 2. The van der Waals surface area contributed by atoms with Crippen LogP contribution in [0.4, 0.5) is 5.69 Å². The molecule has 0 aliphatic heterocycles. The number of rotatable bonds is 7. The van der Waals surface area contributed by atoms with Gasteiger partial charge in [-0.15, -0.1) is 0 Å². The van der Waals surface area contributed by atoms with E-state index in [0.717, 1.165) is 12.0 Å². The number of halogens is 1. The van der Waals surface area contributed by atoms with Crippen molar-refractivity contribution in [2.45, 2.75) is 20.3 Å². The predicted molar refractivity (Wildman–Crippen MR) is 107 cm³/mol. The van der Waals surface area contributed by atoms with Crippen LogP contribution >= 0.6 is 11.6 Å². The quantitative estimate of drug-likeness (QED) is 0.539. The van der Waals surface area contributed by atoms with Crippen molar-refractivity contribution in [3.63, 3.8) is 0 Å². The Labute approximate surface area is 164 Å². The summed E-state index contributed by atoms with van der Waals surface area (Å²) in [6.45, 7) is 4.38. The molecule has 0 aliphatic rings. The van der Waals surface area contributed by atoms with Crippen LogP contribution in [0.25, 0.3) is 6.08 Å². The van der Waals surface area contributed by atoms with Gasteiger partial charge in [0.2, 0.25) is 0 Å². The fourth-order valence-electron chi connectivity index (χ4n) is 2.39. The Hall–Kier alpha value is -2.97. The Kier molecular flexibility index (Phi) is 7.27. The summed E-state index contributed by atoms with van der Waals surface area (Å²) >= 11 is 6.29. The number of ether oxygens (including phenoxy) is 2. The van der Waals surface area contributed by atoms with Gasteiger partial charge in [0.1, 0.15) is 11.6 Å². The van der Waals surface area contributed by atoms with Gasteiger partial charge in [-0.1, -0.05) is 36.7 Å². The van der Waals surface area contributed by atoms with E-state index >= 15 is 0 Å². The molecule has 5 nitrogen and oxygen atoms in total. The van der Waals surface area contributed by atoms with Crippen molar-refractivity contribution in [3.05, 3.63) is 58.1 Å². The SMILES string of the molecule is CCCOc1c(Cl)cc(/C=C(\C#N)C(=O)Nc2ccccc2C)cc1OC. The number of methoxy groups -OCH3 is 1. The van der Waals surface area contributed by atoms with Crippen LogP contribution in [-0.2, 0) is 4.79 Å². The lowest BCUT2D eigenvalue weighted by Gasteiger charge is -2.13. The molecule has 0 heterocycles. The summed E-state index contributed by atoms with van der Waals surface area (Å²) in [6.07, 6.45) is 2.30. The van der Waals surface area contributed by atoms with Crippen molar-refractivity contribution < 1.29 is 14.3 Å². The first-order chi connectivity index (χ1) is 13.0. The van der Waals surface area contributed by atoms with Gasteiger partial charge in [0.25, 0.3) is 5.91 Å². The summed E-state index contributed by atoms with van der Waals surface area (Å²) < 4.78 is 10.9. The van der Waals surface area contributed by atoms with Crippen LogP contribution < -0.4 is 14.8 Å². The molecule has 0 fully saturated rings. The zero-order chi connectivity index (χ0) is 19.8. The molecule has 0 aromatic heterocycles. The molecule has 0 bridgehead atoms. The summed E-state index contributed by atoms with van der Waals surface area (Å²) in [5.74, 6) is 0.396. The third-order valence-electron chi connectivity index (χ3n) is 3.77. The fraction of sp³-hybridized carbons (Fsp3) is 0.238. The number of amides is 1. The second-order valence-corrected chi connectivity index (χ2v) is 6.23. The first kappa shape index (κ1) is 20.3. The third-order valence-corrected chi connectivity index (χ3v) is 4.05. The average Bonchev–Trinajstić information content (AvgIpc) is 2.66. The molecule has 140 valence electrons. The number of aryl methyl sites for hydroxylation is 1. The van der Waals surface area contributed by atoms with Gasteiger partial charge in [0.15, 0.2) is 11.5 Å². The molecule has 0 saturated heterocycles. The second kappa shape index (κ2) is 9.65. The molecule has 1 N–H and O–H groups in total. The first-order valence-corrected chi connectivity index (χ1v) is 8.87. The largest absolute Gasteiger partial charge is 0.493 e. The summed E-state index contributed by atoms with van der Waals surface area (Å²) in [4.78, 5) is 12.5. The van der Waals surface area contributed by atoms with Crippen molar-refractivity contribution in [1.82, 2.24) is 0 Å². The van der Waals surface area contributed by atoms with Gasteiger partial charge in [-0.2, -0.15) is 5.26 Å². The molecule has 0 atom stereocenters. The molecular formula is C21H21ClN2O3. The molecular weight excluding hydrogens is 364 g/mol. The molecule has 0 radical (unpaired) electrons. The second-order valence-electron chi connectivity index (χ2n) is 5.82. The minimum Gasteiger partial charge on any atom is -0.493 e. The van der Waals surface area contributed by atoms with Gasteiger partial charge in [0, 0.05) is 5.69 Å². The topological polar surface area (TPSA) is 71.3 Å². The number of nitrogens with zero attached hydrogens (tertiary/aromatic N) is 1. The highest BCUT2D eigenvalue weighted by Crippen LogP contribution is 2.37. The number of anilines is 1. The zero-order valence-electron chi connectivity index (χ0n) is 15.5. The molecule has 2 aromatic rings. The molecule has 27 heavy (non-hydrogen) atoms. The Morgan fingerprint density at radius 3 is 2.70 bits per heavy atom. The molecule has 1 amide bonds. The van der Waals surface area contributed by atoms with Gasteiger partial charge in [-0.25, -0.2) is 0 Å². The van der Waals surface area contributed by atoms with Crippen LogP contribution in [0.2, 0.25) is 5.02 Å². The number of carbonyl (C=O) groups excluding carboxylic acids is 1. The average molecular weight is 385 g/mol. The Balaban J connectivity index is 2.31. The molecule has 6 heteroatoms. The maximum Gasteiger partial charge on any atom is 0.266 e. The first-order valence-electron chi connectivity index (χ1n) is 8.49. The minimum atomic E-state index is -0.492. The Bertz CT molecular complexity index is 901. The van der Waals surface area contributed by atoms with E-state index in [2.05, 4.69) is 5.32 Å². The summed E-state index contributed by atoms with van der Waals surface area (Å²) in [6, 6.07) is 12.6. The number of nitrogens with one attached hydrogen (secondary N) is 1. The number of hydrogen-bond acceptors (Lipinski definition) is 4. The van der Waals surface area contributed by atoms with E-state index < -0.39 is 5.91 Å². The smallest absolute Gasteiger partial charge is 0.266 e. The van der Waals surface area contributed by atoms with E-state index in [9.17, 15) is 10.1 Å². The highest BCUT2D eigenvalue weighted by Gasteiger charge is 2.14. The van der Waals surface area contributed by atoms with E-state index in [4.69, 9.17) is 21.1 Å². The van der Waals surface area contributed by atoms with Gasteiger partial charge >= 0.3 is 0 Å². The molecule has 0 aliphatic carbocycles. The van der Waals surface area contributed by atoms with Gasteiger partial charge in [0.05, 0.1) is 18.7 Å². The van der Waals surface area contributed by atoms with Crippen LogP contribution in [0.15, 0.2) is 42.0 Å². The lowest BCUT2D eigenvalue weighted by Crippen LogP contribution is -2.14. The molecule has 2 aromatic carbocycles. The van der Waals surface area contributed by atoms with Crippen molar-refractivity contribution in [2.75, 3.05) is 19.0 Å². The normalized spacial score (nSPS) is 10.9. The molecule has 2 rings (SSSR count). The zero-order valence-corrected chi connectivity index (χ0v) is 16.3. The van der Waals surface area contributed by atoms with Crippen LogP contribution in [0, 0.1) is 18.3 Å². The standard InChI is InChI=1S/C21H21ClN2O3/c1-4-9-27-20-17(22)11-15(12-19(20)26-3)10-16(13-23)21(25)24-18-8-6-5-7-14(18)2/h5-8,10-12H,4,9H2,1-3H3,(H,24,25)/b16-10+. The lowest BCUT2D eigenvalue weighted by atomic mass is 10.1. The summed E-state index contributed by atoms with van der Waals surface area (Å²) in [5, 5.41) is 12.5. The van der Waals surface area contributed by atoms with Crippen molar-refractivity contribution >= 4 is 29.3 Å². The highest BCUT2D eigenvalue weighted by atomic mass is 35.5. The number of nitriles is 1. The van der Waals surface area contributed by atoms with Crippen LogP contribution in [0.1, 0.15) is 24.5 Å². The van der Waals surface area contributed by atoms with Crippen LogP contribution in [0.5, 0.6) is 11.5 Å². The number of carbonyl (C=O) groups is 1. The lowest BCUT2D eigenvalue weighted by molar-refractivity contribution is -0.112. The predicted octanol–water partition coefficient (Wildman–Crippen LogP) is 4.99. The maximum atomic E-state index is 12.5. The van der Waals surface area contributed by atoms with E-state index in [-0.39, 0.29) is 5.57 Å². The maximum absolute atomic E-state index is 12.5. The monoisotopic (exact) mass is 384 g/mol. The Morgan fingerprint density at radius 2 is 2.07 bits per heavy atom. The fourth-order valence-corrected chi connectivity index (χ4v) is 2.66. The van der Waals surface area contributed by atoms with Crippen molar-refractivity contribution in [1.29, 1.82) is 5.26 Å².